The van der Waals surface area contributed by atoms with Crippen LogP contribution < -0.4 is 18.9 Å². The monoisotopic (exact) mass is 344 g/mol. The van der Waals surface area contributed by atoms with E-state index >= 15 is 0 Å². The first kappa shape index (κ1) is 18.2. The van der Waals surface area contributed by atoms with Gasteiger partial charge in [0.05, 0.1) is 34.0 Å². The van der Waals surface area contributed by atoms with Gasteiger partial charge >= 0.3 is 0 Å². The van der Waals surface area contributed by atoms with E-state index in [9.17, 15) is 9.90 Å². The molecule has 25 heavy (non-hydrogen) atoms. The lowest BCUT2D eigenvalue weighted by atomic mass is 10.1. The molecule has 0 aliphatic rings. The Morgan fingerprint density at radius 2 is 1.40 bits per heavy atom. The molecule has 0 saturated heterocycles. The fourth-order valence-electron chi connectivity index (χ4n) is 2.25. The highest BCUT2D eigenvalue weighted by molar-refractivity contribution is 6.07. The van der Waals surface area contributed by atoms with E-state index in [1.165, 1.54) is 46.7 Å². The highest BCUT2D eigenvalue weighted by Crippen LogP contribution is 2.34. The van der Waals surface area contributed by atoms with Crippen LogP contribution in [0.2, 0.25) is 0 Å². The van der Waals surface area contributed by atoms with E-state index in [0.29, 0.717) is 34.1 Å². The van der Waals surface area contributed by atoms with E-state index < -0.39 is 0 Å². The van der Waals surface area contributed by atoms with Gasteiger partial charge in [-0.05, 0) is 24.3 Å². The van der Waals surface area contributed by atoms with E-state index in [-0.39, 0.29) is 11.5 Å². The molecule has 0 radical (unpaired) electrons. The molecule has 2 aromatic rings. The van der Waals surface area contributed by atoms with Gasteiger partial charge in [0, 0.05) is 23.8 Å². The maximum absolute atomic E-state index is 12.4. The zero-order chi connectivity index (χ0) is 18.4. The van der Waals surface area contributed by atoms with Crippen LogP contribution in [-0.2, 0) is 0 Å². The van der Waals surface area contributed by atoms with Crippen LogP contribution in [0.1, 0.15) is 15.9 Å². The van der Waals surface area contributed by atoms with Crippen LogP contribution in [0.5, 0.6) is 28.7 Å². The van der Waals surface area contributed by atoms with Crippen molar-refractivity contribution in [3.8, 4) is 28.7 Å². The molecule has 0 atom stereocenters. The largest absolute Gasteiger partial charge is 0.507 e. The number of aromatic hydroxyl groups is 1. The number of hydrogen-bond acceptors (Lipinski definition) is 6. The summed E-state index contributed by atoms with van der Waals surface area (Å²) in [4.78, 5) is 12.4. The second-order valence-corrected chi connectivity index (χ2v) is 5.06. The number of benzene rings is 2. The van der Waals surface area contributed by atoms with E-state index in [0.717, 1.165) is 0 Å². The Morgan fingerprint density at radius 1 is 0.840 bits per heavy atom. The Morgan fingerprint density at radius 3 is 1.92 bits per heavy atom. The number of carbonyl (C=O) groups is 1. The third-order valence-corrected chi connectivity index (χ3v) is 3.59. The molecule has 6 nitrogen and oxygen atoms in total. The summed E-state index contributed by atoms with van der Waals surface area (Å²) < 4.78 is 20.6. The van der Waals surface area contributed by atoms with Crippen LogP contribution in [0.15, 0.2) is 36.4 Å². The minimum atomic E-state index is -0.269. The van der Waals surface area contributed by atoms with Crippen molar-refractivity contribution >= 4 is 11.9 Å². The lowest BCUT2D eigenvalue weighted by molar-refractivity contribution is 0.104. The molecule has 2 rings (SSSR count). The SMILES string of the molecule is COc1cc(OC)cc(C(=O)C=Cc2c(O)cc(OC)cc2OC)c1. The average molecular weight is 344 g/mol. The van der Waals surface area contributed by atoms with Crippen molar-refractivity contribution in [2.75, 3.05) is 28.4 Å². The van der Waals surface area contributed by atoms with Crippen LogP contribution in [0.25, 0.3) is 6.08 Å². The number of allylic oxidation sites excluding steroid dienone is 1. The molecule has 0 bridgehead atoms. The van der Waals surface area contributed by atoms with Crippen molar-refractivity contribution < 1.29 is 28.8 Å². The van der Waals surface area contributed by atoms with E-state index in [4.69, 9.17) is 18.9 Å². The number of ketones is 1. The molecule has 0 unspecified atom stereocenters. The summed E-state index contributed by atoms with van der Waals surface area (Å²) in [6.45, 7) is 0. The molecule has 0 fully saturated rings. The van der Waals surface area contributed by atoms with Gasteiger partial charge in [-0.1, -0.05) is 0 Å². The van der Waals surface area contributed by atoms with Gasteiger partial charge in [0.1, 0.15) is 28.7 Å². The van der Waals surface area contributed by atoms with E-state index in [1.807, 2.05) is 0 Å². The van der Waals surface area contributed by atoms with Crippen LogP contribution in [0.4, 0.5) is 0 Å². The minimum absolute atomic E-state index is 0.0523. The van der Waals surface area contributed by atoms with Crippen LogP contribution in [0, 0.1) is 0 Å². The highest BCUT2D eigenvalue weighted by Gasteiger charge is 2.11. The van der Waals surface area contributed by atoms with Crippen LogP contribution in [0.3, 0.4) is 0 Å². The van der Waals surface area contributed by atoms with Gasteiger partial charge in [0.2, 0.25) is 0 Å². The van der Waals surface area contributed by atoms with Gasteiger partial charge < -0.3 is 24.1 Å². The molecule has 6 heteroatoms. The van der Waals surface area contributed by atoms with Crippen molar-refractivity contribution in [1.82, 2.24) is 0 Å². The summed E-state index contributed by atoms with van der Waals surface area (Å²) in [6, 6.07) is 7.97. The molecule has 0 heterocycles. The molecule has 132 valence electrons. The Bertz CT molecular complexity index is 772. The Kier molecular flexibility index (Phi) is 5.89. The highest BCUT2D eigenvalue weighted by atomic mass is 16.5. The molecule has 0 aromatic heterocycles. The predicted molar refractivity (Wildman–Crippen MR) is 94.1 cm³/mol. The average Bonchev–Trinajstić information content (AvgIpc) is 2.65. The Balaban J connectivity index is 2.35. The van der Waals surface area contributed by atoms with E-state index in [2.05, 4.69) is 0 Å². The Labute approximate surface area is 146 Å². The normalized spacial score (nSPS) is 10.6. The van der Waals surface area contributed by atoms with Crippen molar-refractivity contribution in [3.63, 3.8) is 0 Å². The maximum Gasteiger partial charge on any atom is 0.186 e. The van der Waals surface area contributed by atoms with Gasteiger partial charge in [-0.15, -0.1) is 0 Å². The zero-order valence-corrected chi connectivity index (χ0v) is 14.5. The van der Waals surface area contributed by atoms with Gasteiger partial charge in [-0.2, -0.15) is 0 Å². The summed E-state index contributed by atoms with van der Waals surface area (Å²) in [5.41, 5.74) is 0.783. The molecule has 0 spiro atoms. The van der Waals surface area contributed by atoms with Gasteiger partial charge in [-0.25, -0.2) is 0 Å². The quantitative estimate of drug-likeness (QED) is 0.613. The number of carbonyl (C=O) groups excluding carboxylic acids is 1. The molecule has 0 saturated carbocycles. The summed E-state index contributed by atoms with van der Waals surface area (Å²) in [6.07, 6.45) is 2.83. The number of phenols is 1. The van der Waals surface area contributed by atoms with Crippen molar-refractivity contribution in [2.24, 2.45) is 0 Å². The number of hydrogen-bond donors (Lipinski definition) is 1. The number of methoxy groups -OCH3 is 4. The predicted octanol–water partition coefficient (Wildman–Crippen LogP) is 3.32. The summed E-state index contributed by atoms with van der Waals surface area (Å²) in [5.74, 6) is 1.55. The van der Waals surface area contributed by atoms with Crippen molar-refractivity contribution in [1.29, 1.82) is 0 Å². The lowest BCUT2D eigenvalue weighted by Crippen LogP contribution is -1.97. The third kappa shape index (κ3) is 4.23. The van der Waals surface area contributed by atoms with Crippen LogP contribution >= 0.6 is 0 Å². The van der Waals surface area contributed by atoms with Crippen molar-refractivity contribution in [2.45, 2.75) is 0 Å². The first-order valence-electron chi connectivity index (χ1n) is 7.42. The first-order valence-corrected chi connectivity index (χ1v) is 7.42. The molecule has 0 aliphatic heterocycles. The summed E-state index contributed by atoms with van der Waals surface area (Å²) in [5, 5.41) is 10.1. The first-order chi connectivity index (χ1) is 12.0. The molecule has 1 N–H and O–H groups in total. The fourth-order valence-corrected chi connectivity index (χ4v) is 2.25. The summed E-state index contributed by atoms with van der Waals surface area (Å²) in [7, 11) is 5.99. The van der Waals surface area contributed by atoms with E-state index in [1.54, 1.807) is 24.3 Å². The topological polar surface area (TPSA) is 74.2 Å². The molecular formula is C19H20O6. The molecule has 2 aromatic carbocycles. The van der Waals surface area contributed by atoms with Crippen LogP contribution in [-0.4, -0.2) is 39.3 Å². The number of ether oxygens (including phenoxy) is 4. The molecular weight excluding hydrogens is 324 g/mol. The third-order valence-electron chi connectivity index (χ3n) is 3.59. The zero-order valence-electron chi connectivity index (χ0n) is 14.5. The number of phenolic OH excluding ortho intramolecular Hbond substituents is 1. The number of rotatable bonds is 7. The Hall–Kier alpha value is -3.15. The summed E-state index contributed by atoms with van der Waals surface area (Å²) >= 11 is 0. The second-order valence-electron chi connectivity index (χ2n) is 5.06. The van der Waals surface area contributed by atoms with Gasteiger partial charge in [0.25, 0.3) is 0 Å². The molecule has 0 aliphatic carbocycles. The lowest BCUT2D eigenvalue weighted by Gasteiger charge is -2.10. The van der Waals surface area contributed by atoms with Gasteiger partial charge in [0.15, 0.2) is 5.78 Å². The second kappa shape index (κ2) is 8.10. The maximum atomic E-state index is 12.4. The standard InChI is InChI=1S/C19H20O6/c1-22-13-7-12(8-14(9-13)23-2)17(20)6-5-16-18(21)10-15(24-3)11-19(16)25-4/h5-11,21H,1-4H3. The fraction of sp³-hybridized carbons (Fsp3) is 0.211. The smallest absolute Gasteiger partial charge is 0.186 e. The molecule has 0 amide bonds. The van der Waals surface area contributed by atoms with Crippen molar-refractivity contribution in [3.05, 3.63) is 47.5 Å². The van der Waals surface area contributed by atoms with Gasteiger partial charge in [-0.3, -0.25) is 4.79 Å². The minimum Gasteiger partial charge on any atom is -0.507 e.